The van der Waals surface area contributed by atoms with Gasteiger partial charge in [-0.2, -0.15) is 0 Å². The topological polar surface area (TPSA) is 35.5 Å². The molecule has 3 aromatic carbocycles. The number of carbonyl (C=O) groups is 1. The van der Waals surface area contributed by atoms with Gasteiger partial charge in [-0.1, -0.05) is 35.3 Å². The molecule has 0 fully saturated rings. The van der Waals surface area contributed by atoms with Gasteiger partial charge in [0.05, 0.1) is 7.11 Å². The normalized spacial score (nSPS) is 10.8. The fourth-order valence-corrected chi connectivity index (χ4v) is 2.84. The number of rotatable bonds is 7. The molecule has 0 saturated carbocycles. The maximum absolute atomic E-state index is 12.3. The maximum Gasteiger partial charge on any atom is 0.185 e. The van der Waals surface area contributed by atoms with Gasteiger partial charge in [0, 0.05) is 21.2 Å². The summed E-state index contributed by atoms with van der Waals surface area (Å²) in [6, 6.07) is 19.6. The minimum Gasteiger partial charge on any atom is -0.496 e. The average molecular weight is 413 g/mol. The summed E-state index contributed by atoms with van der Waals surface area (Å²) in [5, 5.41) is 1.25. The monoisotopic (exact) mass is 412 g/mol. The summed E-state index contributed by atoms with van der Waals surface area (Å²) in [7, 11) is 1.61. The Labute approximate surface area is 174 Å². The molecule has 0 unspecified atom stereocenters. The molecule has 0 amide bonds. The summed E-state index contributed by atoms with van der Waals surface area (Å²) in [5.41, 5.74) is 2.33. The Morgan fingerprint density at radius 2 is 1.57 bits per heavy atom. The van der Waals surface area contributed by atoms with Gasteiger partial charge in [0.15, 0.2) is 5.78 Å². The van der Waals surface area contributed by atoms with Crippen LogP contribution in [0.4, 0.5) is 0 Å². The highest BCUT2D eigenvalue weighted by Crippen LogP contribution is 2.24. The smallest absolute Gasteiger partial charge is 0.185 e. The summed E-state index contributed by atoms with van der Waals surface area (Å²) >= 11 is 11.7. The highest BCUT2D eigenvalue weighted by atomic mass is 35.5. The first-order valence-corrected chi connectivity index (χ1v) is 9.34. The van der Waals surface area contributed by atoms with Gasteiger partial charge in [-0.25, -0.2) is 0 Å². The lowest BCUT2D eigenvalue weighted by Gasteiger charge is -2.11. The van der Waals surface area contributed by atoms with Crippen molar-refractivity contribution in [1.29, 1.82) is 0 Å². The van der Waals surface area contributed by atoms with E-state index < -0.39 is 0 Å². The van der Waals surface area contributed by atoms with Crippen molar-refractivity contribution in [2.75, 3.05) is 7.11 Å². The molecule has 0 aliphatic heterocycles. The Bertz CT molecular complexity index is 978. The lowest BCUT2D eigenvalue weighted by atomic mass is 10.1. The van der Waals surface area contributed by atoms with E-state index in [1.165, 1.54) is 6.08 Å². The second-order valence-electron chi connectivity index (χ2n) is 6.02. The van der Waals surface area contributed by atoms with E-state index in [1.54, 1.807) is 49.6 Å². The SMILES string of the molecule is COc1ccc(/C=C/C(=O)c2ccc(Cl)cc2)cc1COc1ccc(Cl)cc1. The molecule has 0 bridgehead atoms. The van der Waals surface area contributed by atoms with Gasteiger partial charge in [0.1, 0.15) is 18.1 Å². The van der Waals surface area contributed by atoms with E-state index in [-0.39, 0.29) is 5.78 Å². The molecule has 3 rings (SSSR count). The van der Waals surface area contributed by atoms with Crippen molar-refractivity contribution in [3.05, 3.63) is 99.5 Å². The van der Waals surface area contributed by atoms with Crippen LogP contribution in [-0.2, 0) is 6.61 Å². The number of allylic oxidation sites excluding steroid dienone is 1. The molecular formula is C23H18Cl2O3. The lowest BCUT2D eigenvalue weighted by Crippen LogP contribution is -1.99. The number of hydrogen-bond donors (Lipinski definition) is 0. The molecule has 5 heteroatoms. The minimum atomic E-state index is -0.0913. The van der Waals surface area contributed by atoms with Gasteiger partial charge in [-0.3, -0.25) is 4.79 Å². The van der Waals surface area contributed by atoms with Crippen LogP contribution in [0.5, 0.6) is 11.5 Å². The third-order valence-corrected chi connectivity index (χ3v) is 4.57. The van der Waals surface area contributed by atoms with E-state index >= 15 is 0 Å². The predicted octanol–water partition coefficient (Wildman–Crippen LogP) is 6.48. The molecule has 0 heterocycles. The van der Waals surface area contributed by atoms with Crippen molar-refractivity contribution in [2.45, 2.75) is 6.61 Å². The molecule has 0 aliphatic carbocycles. The van der Waals surface area contributed by atoms with E-state index in [9.17, 15) is 4.79 Å². The maximum atomic E-state index is 12.3. The fourth-order valence-electron chi connectivity index (χ4n) is 2.59. The van der Waals surface area contributed by atoms with E-state index in [2.05, 4.69) is 0 Å². The highest BCUT2D eigenvalue weighted by Gasteiger charge is 2.06. The van der Waals surface area contributed by atoms with Gasteiger partial charge >= 0.3 is 0 Å². The molecule has 28 heavy (non-hydrogen) atoms. The Balaban J connectivity index is 1.73. The average Bonchev–Trinajstić information content (AvgIpc) is 2.72. The number of carbonyl (C=O) groups excluding carboxylic acids is 1. The molecule has 0 N–H and O–H groups in total. The summed E-state index contributed by atoms with van der Waals surface area (Å²) in [5.74, 6) is 1.34. The van der Waals surface area contributed by atoms with Crippen LogP contribution >= 0.6 is 23.2 Å². The molecule has 0 aliphatic rings. The number of hydrogen-bond acceptors (Lipinski definition) is 3. The van der Waals surface area contributed by atoms with E-state index in [4.69, 9.17) is 32.7 Å². The quantitative estimate of drug-likeness (QED) is 0.329. The first kappa shape index (κ1) is 20.0. The van der Waals surface area contributed by atoms with Crippen molar-refractivity contribution < 1.29 is 14.3 Å². The number of halogens is 2. The predicted molar refractivity (Wildman–Crippen MR) is 114 cm³/mol. The van der Waals surface area contributed by atoms with E-state index in [1.807, 2.05) is 30.3 Å². The molecule has 0 saturated heterocycles. The second-order valence-corrected chi connectivity index (χ2v) is 6.89. The molecular weight excluding hydrogens is 395 g/mol. The second kappa shape index (κ2) is 9.45. The van der Waals surface area contributed by atoms with Crippen molar-refractivity contribution in [2.24, 2.45) is 0 Å². The van der Waals surface area contributed by atoms with Crippen LogP contribution in [0.25, 0.3) is 6.08 Å². The third-order valence-electron chi connectivity index (χ3n) is 4.07. The number of benzene rings is 3. The zero-order valence-electron chi connectivity index (χ0n) is 15.2. The van der Waals surface area contributed by atoms with E-state index in [0.717, 1.165) is 16.9 Å². The van der Waals surface area contributed by atoms with E-state index in [0.29, 0.717) is 28.0 Å². The number of methoxy groups -OCH3 is 1. The van der Waals surface area contributed by atoms with Crippen LogP contribution in [0.15, 0.2) is 72.8 Å². The van der Waals surface area contributed by atoms with Crippen molar-refractivity contribution in [3.8, 4) is 11.5 Å². The fraction of sp³-hybridized carbons (Fsp3) is 0.0870. The van der Waals surface area contributed by atoms with Crippen LogP contribution in [0.2, 0.25) is 10.0 Å². The summed E-state index contributed by atoms with van der Waals surface area (Å²) < 4.78 is 11.2. The van der Waals surface area contributed by atoms with Crippen molar-refractivity contribution in [3.63, 3.8) is 0 Å². The first-order chi connectivity index (χ1) is 13.5. The standard InChI is InChI=1S/C23H18Cl2O3/c1-27-23-13-3-16(2-12-22(26)17-4-6-19(24)7-5-17)14-18(23)15-28-21-10-8-20(25)9-11-21/h2-14H,15H2,1H3/b12-2+. The van der Waals surface area contributed by atoms with Gasteiger partial charge in [0.25, 0.3) is 0 Å². The Hall–Kier alpha value is -2.75. The summed E-state index contributed by atoms with van der Waals surface area (Å²) in [4.78, 5) is 12.3. The van der Waals surface area contributed by atoms with Crippen LogP contribution in [0.1, 0.15) is 21.5 Å². The lowest BCUT2D eigenvalue weighted by molar-refractivity contribution is 0.104. The van der Waals surface area contributed by atoms with Gasteiger partial charge in [0.2, 0.25) is 0 Å². The van der Waals surface area contributed by atoms with Crippen molar-refractivity contribution in [1.82, 2.24) is 0 Å². The molecule has 0 spiro atoms. The largest absolute Gasteiger partial charge is 0.496 e. The summed E-state index contributed by atoms with van der Waals surface area (Å²) in [6.45, 7) is 0.331. The number of ketones is 1. The van der Waals surface area contributed by atoms with Crippen LogP contribution in [-0.4, -0.2) is 12.9 Å². The Morgan fingerprint density at radius 1 is 0.929 bits per heavy atom. The van der Waals surface area contributed by atoms with Gasteiger partial charge in [-0.05, 0) is 72.3 Å². The van der Waals surface area contributed by atoms with Crippen LogP contribution in [0, 0.1) is 0 Å². The Kier molecular flexibility index (Phi) is 6.75. The molecule has 0 aromatic heterocycles. The minimum absolute atomic E-state index is 0.0913. The highest BCUT2D eigenvalue weighted by molar-refractivity contribution is 6.31. The molecule has 142 valence electrons. The van der Waals surface area contributed by atoms with Gasteiger partial charge in [-0.15, -0.1) is 0 Å². The molecule has 3 nitrogen and oxygen atoms in total. The van der Waals surface area contributed by atoms with Crippen LogP contribution < -0.4 is 9.47 Å². The summed E-state index contributed by atoms with van der Waals surface area (Å²) in [6.07, 6.45) is 3.30. The number of ether oxygens (including phenoxy) is 2. The van der Waals surface area contributed by atoms with Crippen LogP contribution in [0.3, 0.4) is 0 Å². The molecule has 3 aromatic rings. The van der Waals surface area contributed by atoms with Gasteiger partial charge < -0.3 is 9.47 Å². The molecule has 0 radical (unpaired) electrons. The first-order valence-electron chi connectivity index (χ1n) is 8.58. The molecule has 0 atom stereocenters. The Morgan fingerprint density at radius 3 is 2.21 bits per heavy atom. The third kappa shape index (κ3) is 5.38. The van der Waals surface area contributed by atoms with Crippen molar-refractivity contribution >= 4 is 35.1 Å². The zero-order chi connectivity index (χ0) is 19.9. The zero-order valence-corrected chi connectivity index (χ0v) is 16.7.